The van der Waals surface area contributed by atoms with Gasteiger partial charge in [-0.05, 0) is 65.6 Å². The Hall–Kier alpha value is -2.99. The molecule has 1 saturated carbocycles. The van der Waals surface area contributed by atoms with Gasteiger partial charge in [0, 0.05) is 29.8 Å². The van der Waals surface area contributed by atoms with Gasteiger partial charge in [0.05, 0.1) is 11.1 Å². The number of nitrogens with one attached hydrogen (secondary N) is 1. The molecular weight excluding hydrogens is 497 g/mol. The van der Waals surface area contributed by atoms with E-state index in [9.17, 15) is 18.0 Å². The van der Waals surface area contributed by atoms with Gasteiger partial charge in [-0.15, -0.1) is 0 Å². The minimum absolute atomic E-state index is 0.00169. The molecule has 3 aromatic carbocycles. The van der Waals surface area contributed by atoms with Crippen molar-refractivity contribution in [2.75, 3.05) is 11.9 Å². The SMILES string of the molecule is CC(C)(C)c1ccc(CN(CCc2cccc(C(F)(F)F)c2)C(=O)c2cc(Cl)ccc2NC2CC2)cc1. The highest BCUT2D eigenvalue weighted by Crippen LogP contribution is 2.31. The van der Waals surface area contributed by atoms with Crippen molar-refractivity contribution < 1.29 is 18.0 Å². The minimum Gasteiger partial charge on any atom is -0.382 e. The summed E-state index contributed by atoms with van der Waals surface area (Å²) in [6.45, 7) is 7.01. The molecule has 1 aliphatic rings. The van der Waals surface area contributed by atoms with Crippen LogP contribution in [0.25, 0.3) is 0 Å². The van der Waals surface area contributed by atoms with Crippen LogP contribution in [-0.4, -0.2) is 23.4 Å². The molecule has 0 saturated heterocycles. The molecule has 0 heterocycles. The molecule has 4 rings (SSSR count). The van der Waals surface area contributed by atoms with Crippen molar-refractivity contribution in [3.05, 3.63) is 99.6 Å². The molecule has 7 heteroatoms. The Morgan fingerprint density at radius 1 is 0.946 bits per heavy atom. The van der Waals surface area contributed by atoms with Gasteiger partial charge in [0.1, 0.15) is 0 Å². The number of benzene rings is 3. The number of nitrogens with zero attached hydrogens (tertiary/aromatic N) is 1. The Morgan fingerprint density at radius 2 is 1.65 bits per heavy atom. The van der Waals surface area contributed by atoms with Crippen molar-refractivity contribution in [1.82, 2.24) is 4.90 Å². The van der Waals surface area contributed by atoms with Crippen LogP contribution in [0.4, 0.5) is 18.9 Å². The average molecular weight is 529 g/mol. The van der Waals surface area contributed by atoms with Crippen LogP contribution >= 0.6 is 11.6 Å². The Balaban J connectivity index is 1.61. The van der Waals surface area contributed by atoms with Crippen molar-refractivity contribution in [3.8, 4) is 0 Å². The zero-order valence-corrected chi connectivity index (χ0v) is 22.1. The zero-order valence-electron chi connectivity index (χ0n) is 21.3. The molecule has 0 radical (unpaired) electrons. The van der Waals surface area contributed by atoms with Crippen LogP contribution in [0, 0.1) is 0 Å². The third kappa shape index (κ3) is 7.29. The normalized spacial score (nSPS) is 13.9. The number of anilines is 1. The van der Waals surface area contributed by atoms with Gasteiger partial charge in [-0.2, -0.15) is 13.2 Å². The van der Waals surface area contributed by atoms with E-state index in [-0.39, 0.29) is 17.9 Å². The van der Waals surface area contributed by atoms with Gasteiger partial charge in [0.15, 0.2) is 0 Å². The summed E-state index contributed by atoms with van der Waals surface area (Å²) in [4.78, 5) is 15.5. The summed E-state index contributed by atoms with van der Waals surface area (Å²) in [7, 11) is 0. The molecule has 0 atom stereocenters. The summed E-state index contributed by atoms with van der Waals surface area (Å²) in [6.07, 6.45) is -2.02. The Bertz CT molecular complexity index is 1240. The van der Waals surface area contributed by atoms with Crippen molar-refractivity contribution in [2.45, 2.75) is 64.2 Å². The van der Waals surface area contributed by atoms with Crippen LogP contribution in [0.2, 0.25) is 5.02 Å². The van der Waals surface area contributed by atoms with Gasteiger partial charge < -0.3 is 10.2 Å². The molecule has 196 valence electrons. The number of amides is 1. The highest BCUT2D eigenvalue weighted by Gasteiger charge is 2.30. The lowest BCUT2D eigenvalue weighted by atomic mass is 9.87. The monoisotopic (exact) mass is 528 g/mol. The highest BCUT2D eigenvalue weighted by atomic mass is 35.5. The van der Waals surface area contributed by atoms with Gasteiger partial charge in [0.2, 0.25) is 0 Å². The van der Waals surface area contributed by atoms with Crippen LogP contribution in [-0.2, 0) is 24.6 Å². The molecule has 0 aliphatic heterocycles. The molecule has 0 spiro atoms. The second kappa shape index (κ2) is 10.8. The quantitative estimate of drug-likeness (QED) is 0.320. The lowest BCUT2D eigenvalue weighted by Crippen LogP contribution is -2.33. The molecular formula is C30H32ClF3N2O. The maximum absolute atomic E-state index is 13.8. The van der Waals surface area contributed by atoms with Gasteiger partial charge in [0.25, 0.3) is 5.91 Å². The number of hydrogen-bond acceptors (Lipinski definition) is 2. The number of hydrogen-bond donors (Lipinski definition) is 1. The van der Waals surface area contributed by atoms with E-state index in [1.54, 1.807) is 23.1 Å². The second-order valence-corrected chi connectivity index (χ2v) is 11.2. The van der Waals surface area contributed by atoms with E-state index in [0.717, 1.165) is 36.2 Å². The van der Waals surface area contributed by atoms with E-state index in [4.69, 9.17) is 11.6 Å². The number of carbonyl (C=O) groups excluding carboxylic acids is 1. The number of halogens is 4. The Morgan fingerprint density at radius 3 is 2.27 bits per heavy atom. The third-order valence-corrected chi connectivity index (χ3v) is 6.79. The molecule has 3 aromatic rings. The fourth-order valence-corrected chi connectivity index (χ4v) is 4.36. The van der Waals surface area contributed by atoms with E-state index < -0.39 is 11.7 Å². The first-order valence-electron chi connectivity index (χ1n) is 12.5. The standard InChI is InChI=1S/C30H32ClF3N2O/c1-29(2,3)22-9-7-21(8-10-22)19-36(16-15-20-5-4-6-23(17-20)30(32,33)34)28(37)26-18-24(31)11-14-27(26)35-25-12-13-25/h4-11,14,17-18,25,35H,12-13,15-16,19H2,1-3H3. The van der Waals surface area contributed by atoms with Crippen LogP contribution in [0.3, 0.4) is 0 Å². The fraction of sp³-hybridized carbons (Fsp3) is 0.367. The Kier molecular flexibility index (Phi) is 7.88. The zero-order chi connectivity index (χ0) is 26.8. The lowest BCUT2D eigenvalue weighted by Gasteiger charge is -2.25. The molecule has 37 heavy (non-hydrogen) atoms. The summed E-state index contributed by atoms with van der Waals surface area (Å²) in [5.41, 5.74) is 3.16. The van der Waals surface area contributed by atoms with Crippen molar-refractivity contribution in [2.24, 2.45) is 0 Å². The van der Waals surface area contributed by atoms with Gasteiger partial charge in [-0.25, -0.2) is 0 Å². The van der Waals surface area contributed by atoms with Gasteiger partial charge >= 0.3 is 6.18 Å². The Labute approximate surface area is 221 Å². The van der Waals surface area contributed by atoms with E-state index in [2.05, 4.69) is 38.2 Å². The van der Waals surface area contributed by atoms with Crippen molar-refractivity contribution in [1.29, 1.82) is 0 Å². The van der Waals surface area contributed by atoms with Gasteiger partial charge in [-0.1, -0.05) is 74.8 Å². The molecule has 1 amide bonds. The summed E-state index contributed by atoms with van der Waals surface area (Å²) in [5, 5.41) is 3.86. The molecule has 1 aliphatic carbocycles. The average Bonchev–Trinajstić information content (AvgIpc) is 3.66. The maximum atomic E-state index is 13.8. The van der Waals surface area contributed by atoms with E-state index in [1.807, 2.05) is 18.2 Å². The van der Waals surface area contributed by atoms with Gasteiger partial charge in [-0.3, -0.25) is 4.79 Å². The number of alkyl halides is 3. The second-order valence-electron chi connectivity index (χ2n) is 10.7. The van der Waals surface area contributed by atoms with Crippen molar-refractivity contribution >= 4 is 23.2 Å². The first-order chi connectivity index (χ1) is 17.4. The first kappa shape index (κ1) is 27.1. The fourth-order valence-electron chi connectivity index (χ4n) is 4.19. The number of rotatable bonds is 8. The smallest absolute Gasteiger partial charge is 0.382 e. The summed E-state index contributed by atoms with van der Waals surface area (Å²) < 4.78 is 39.7. The van der Waals surface area contributed by atoms with Crippen LogP contribution in [0.5, 0.6) is 0 Å². The van der Waals surface area contributed by atoms with E-state index >= 15 is 0 Å². The van der Waals surface area contributed by atoms with Crippen molar-refractivity contribution in [3.63, 3.8) is 0 Å². The van der Waals surface area contributed by atoms with Crippen LogP contribution in [0.15, 0.2) is 66.7 Å². The molecule has 3 nitrogen and oxygen atoms in total. The molecule has 1 N–H and O–H groups in total. The molecule has 0 aromatic heterocycles. The molecule has 1 fully saturated rings. The maximum Gasteiger partial charge on any atom is 0.416 e. The van der Waals surface area contributed by atoms with E-state index in [0.29, 0.717) is 35.2 Å². The largest absolute Gasteiger partial charge is 0.416 e. The van der Waals surface area contributed by atoms with E-state index in [1.165, 1.54) is 11.6 Å². The first-order valence-corrected chi connectivity index (χ1v) is 12.9. The molecule has 0 bridgehead atoms. The minimum atomic E-state index is -4.41. The lowest BCUT2D eigenvalue weighted by molar-refractivity contribution is -0.137. The topological polar surface area (TPSA) is 32.3 Å². The predicted octanol–water partition coefficient (Wildman–Crippen LogP) is 8.12. The third-order valence-electron chi connectivity index (χ3n) is 6.55. The summed E-state index contributed by atoms with van der Waals surface area (Å²) >= 11 is 6.27. The molecule has 0 unspecified atom stereocenters. The predicted molar refractivity (Wildman–Crippen MR) is 143 cm³/mol. The summed E-state index contributed by atoms with van der Waals surface area (Å²) in [6, 6.07) is 19.0. The van der Waals surface area contributed by atoms with Crippen LogP contribution < -0.4 is 5.32 Å². The van der Waals surface area contributed by atoms with Crippen LogP contribution in [0.1, 0.15) is 66.2 Å². The summed E-state index contributed by atoms with van der Waals surface area (Å²) in [5.74, 6) is -0.211. The number of carbonyl (C=O) groups is 1. The highest BCUT2D eigenvalue weighted by molar-refractivity contribution is 6.31.